The summed E-state index contributed by atoms with van der Waals surface area (Å²) in [5.41, 5.74) is 0. The molecule has 4 nitrogen and oxygen atoms in total. The first-order valence-corrected chi connectivity index (χ1v) is 6.40. The molecule has 0 bridgehead atoms. The molecule has 2 aliphatic rings. The summed E-state index contributed by atoms with van der Waals surface area (Å²) in [6, 6.07) is 0. The van der Waals surface area contributed by atoms with Crippen molar-refractivity contribution in [2.24, 2.45) is 11.8 Å². The lowest BCUT2D eigenvalue weighted by molar-refractivity contribution is -0.120. The fourth-order valence-electron chi connectivity index (χ4n) is 1.46. The molecule has 2 atom stereocenters. The van der Waals surface area contributed by atoms with Gasteiger partial charge in [-0.05, 0) is 32.1 Å². The highest BCUT2D eigenvalue weighted by atomic mass is 32.2. The molecular weight excluding hydrogens is 202 g/mol. The molecule has 2 fully saturated rings. The van der Waals surface area contributed by atoms with Gasteiger partial charge >= 0.3 is 0 Å². The van der Waals surface area contributed by atoms with Gasteiger partial charge < -0.3 is 0 Å². The number of hydrogen-bond acceptors (Lipinski definition) is 3. The minimum absolute atomic E-state index is 0.0767. The van der Waals surface area contributed by atoms with Crippen LogP contribution in [-0.2, 0) is 14.8 Å². The summed E-state index contributed by atoms with van der Waals surface area (Å²) in [6.07, 6.45) is 2.14. The van der Waals surface area contributed by atoms with Crippen LogP contribution in [0.3, 0.4) is 0 Å². The zero-order chi connectivity index (χ0) is 10.6. The van der Waals surface area contributed by atoms with E-state index < -0.39 is 14.8 Å². The molecule has 0 heterocycles. The summed E-state index contributed by atoms with van der Waals surface area (Å²) < 4.78 is 24.8. The van der Waals surface area contributed by atoms with Crippen molar-refractivity contribution in [3.8, 4) is 0 Å². The lowest BCUT2D eigenvalue weighted by Gasteiger charge is -2.11. The normalized spacial score (nSPS) is 33.6. The lowest BCUT2D eigenvalue weighted by Crippen LogP contribution is -2.39. The second-order valence-corrected chi connectivity index (χ2v) is 6.94. The van der Waals surface area contributed by atoms with E-state index in [4.69, 9.17) is 0 Å². The molecule has 0 saturated heterocycles. The van der Waals surface area contributed by atoms with Gasteiger partial charge in [-0.25, -0.2) is 8.42 Å². The first kappa shape index (κ1) is 9.96. The fourth-order valence-corrected chi connectivity index (χ4v) is 2.77. The molecule has 2 unspecified atom stereocenters. The van der Waals surface area contributed by atoms with Crippen molar-refractivity contribution >= 4 is 15.9 Å². The van der Waals surface area contributed by atoms with Crippen LogP contribution in [0.4, 0.5) is 0 Å². The van der Waals surface area contributed by atoms with E-state index in [1.54, 1.807) is 6.92 Å². The molecule has 0 radical (unpaired) electrons. The Kier molecular flexibility index (Phi) is 1.93. The predicted molar refractivity (Wildman–Crippen MR) is 52.0 cm³/mol. The van der Waals surface area contributed by atoms with Gasteiger partial charge in [-0.3, -0.25) is 9.52 Å². The van der Waals surface area contributed by atoms with Crippen LogP contribution in [0.1, 0.15) is 33.1 Å². The Balaban J connectivity index is 2.00. The van der Waals surface area contributed by atoms with Gasteiger partial charge in [-0.15, -0.1) is 0 Å². The Morgan fingerprint density at radius 1 is 1.43 bits per heavy atom. The van der Waals surface area contributed by atoms with Crippen LogP contribution in [-0.4, -0.2) is 19.1 Å². The Hall–Kier alpha value is -0.580. The first-order valence-electron chi connectivity index (χ1n) is 4.92. The lowest BCUT2D eigenvalue weighted by atomic mass is 10.3. The highest BCUT2D eigenvalue weighted by Gasteiger charge is 2.52. The summed E-state index contributed by atoms with van der Waals surface area (Å²) in [5, 5.41) is 0. The van der Waals surface area contributed by atoms with E-state index in [0.29, 0.717) is 18.8 Å². The van der Waals surface area contributed by atoms with Crippen molar-refractivity contribution in [1.29, 1.82) is 0 Å². The zero-order valence-electron chi connectivity index (χ0n) is 8.41. The predicted octanol–water partition coefficient (Wildman–Crippen LogP) is 0.641. The maximum atomic E-state index is 11.6. The SMILES string of the molecule is CC1CC1C(=O)NS(=O)(=O)C1(C)CC1. The summed E-state index contributed by atoms with van der Waals surface area (Å²) in [4.78, 5) is 11.4. The van der Waals surface area contributed by atoms with Gasteiger partial charge in [0.05, 0.1) is 4.75 Å². The van der Waals surface area contributed by atoms with E-state index in [1.807, 2.05) is 6.92 Å². The highest BCUT2D eigenvalue weighted by molar-refractivity contribution is 7.91. The van der Waals surface area contributed by atoms with E-state index >= 15 is 0 Å². The second-order valence-electron chi connectivity index (χ2n) is 4.74. The summed E-state index contributed by atoms with van der Waals surface area (Å²) in [5.74, 6) is -0.0463. The number of carbonyl (C=O) groups is 1. The summed E-state index contributed by atoms with van der Waals surface area (Å²) in [6.45, 7) is 3.63. The van der Waals surface area contributed by atoms with Crippen molar-refractivity contribution in [3.05, 3.63) is 0 Å². The minimum atomic E-state index is -3.41. The number of rotatable bonds is 3. The van der Waals surface area contributed by atoms with Crippen LogP contribution in [0.5, 0.6) is 0 Å². The monoisotopic (exact) mass is 217 g/mol. The van der Waals surface area contributed by atoms with Crippen LogP contribution in [0, 0.1) is 11.8 Å². The van der Waals surface area contributed by atoms with Crippen LogP contribution in [0.25, 0.3) is 0 Å². The van der Waals surface area contributed by atoms with Crippen molar-refractivity contribution in [1.82, 2.24) is 4.72 Å². The maximum absolute atomic E-state index is 11.6. The van der Waals surface area contributed by atoms with E-state index in [-0.39, 0.29) is 11.8 Å². The Morgan fingerprint density at radius 3 is 2.29 bits per heavy atom. The number of nitrogens with one attached hydrogen (secondary N) is 1. The quantitative estimate of drug-likeness (QED) is 0.754. The smallest absolute Gasteiger partial charge is 0.240 e. The number of sulfonamides is 1. The highest BCUT2D eigenvalue weighted by Crippen LogP contribution is 2.43. The summed E-state index contributed by atoms with van der Waals surface area (Å²) in [7, 11) is -3.41. The molecule has 80 valence electrons. The van der Waals surface area contributed by atoms with Crippen LogP contribution in [0.2, 0.25) is 0 Å². The van der Waals surface area contributed by atoms with E-state index in [1.165, 1.54) is 0 Å². The molecule has 5 heteroatoms. The summed E-state index contributed by atoms with van der Waals surface area (Å²) >= 11 is 0. The molecule has 14 heavy (non-hydrogen) atoms. The van der Waals surface area contributed by atoms with E-state index in [0.717, 1.165) is 6.42 Å². The van der Waals surface area contributed by atoms with Gasteiger partial charge in [-0.1, -0.05) is 6.92 Å². The van der Waals surface area contributed by atoms with Gasteiger partial charge in [0.25, 0.3) is 0 Å². The molecular formula is C9H15NO3S. The van der Waals surface area contributed by atoms with Crippen molar-refractivity contribution in [3.63, 3.8) is 0 Å². The van der Waals surface area contributed by atoms with Crippen molar-refractivity contribution in [2.45, 2.75) is 37.9 Å². The molecule has 0 aromatic rings. The number of hydrogen-bond donors (Lipinski definition) is 1. The Bertz CT molecular complexity index is 370. The number of carbonyl (C=O) groups excluding carboxylic acids is 1. The Labute approximate surface area is 84.1 Å². The van der Waals surface area contributed by atoms with Crippen LogP contribution < -0.4 is 4.72 Å². The maximum Gasteiger partial charge on any atom is 0.240 e. The van der Waals surface area contributed by atoms with Gasteiger partial charge in [0.2, 0.25) is 15.9 Å². The molecule has 0 aliphatic heterocycles. The standard InChI is InChI=1S/C9H15NO3S/c1-6-5-7(6)8(11)10-14(12,13)9(2)3-4-9/h6-7H,3-5H2,1-2H3,(H,10,11). The van der Waals surface area contributed by atoms with Crippen molar-refractivity contribution < 1.29 is 13.2 Å². The van der Waals surface area contributed by atoms with E-state index in [9.17, 15) is 13.2 Å². The first-order chi connectivity index (χ1) is 6.36. The number of amides is 1. The van der Waals surface area contributed by atoms with Gasteiger partial charge in [-0.2, -0.15) is 0 Å². The van der Waals surface area contributed by atoms with Crippen molar-refractivity contribution in [2.75, 3.05) is 0 Å². The molecule has 1 amide bonds. The average Bonchev–Trinajstić information content (AvgIpc) is 2.89. The second kappa shape index (κ2) is 2.72. The molecule has 2 rings (SSSR count). The van der Waals surface area contributed by atoms with Crippen LogP contribution >= 0.6 is 0 Å². The Morgan fingerprint density at radius 2 is 1.93 bits per heavy atom. The molecule has 2 aliphatic carbocycles. The average molecular weight is 217 g/mol. The zero-order valence-corrected chi connectivity index (χ0v) is 9.23. The third-order valence-corrected chi connectivity index (χ3v) is 5.46. The fraction of sp³-hybridized carbons (Fsp3) is 0.889. The molecule has 0 aromatic carbocycles. The van der Waals surface area contributed by atoms with Crippen LogP contribution in [0.15, 0.2) is 0 Å². The minimum Gasteiger partial charge on any atom is -0.274 e. The third kappa shape index (κ3) is 1.54. The largest absolute Gasteiger partial charge is 0.274 e. The molecule has 0 aromatic heterocycles. The molecule has 2 saturated carbocycles. The van der Waals surface area contributed by atoms with Gasteiger partial charge in [0.1, 0.15) is 0 Å². The topological polar surface area (TPSA) is 63.2 Å². The molecule has 0 spiro atoms. The van der Waals surface area contributed by atoms with Gasteiger partial charge in [0, 0.05) is 5.92 Å². The van der Waals surface area contributed by atoms with E-state index in [2.05, 4.69) is 4.72 Å². The third-order valence-electron chi connectivity index (χ3n) is 3.28. The van der Waals surface area contributed by atoms with Gasteiger partial charge in [0.15, 0.2) is 0 Å². The molecule has 1 N–H and O–H groups in total.